The van der Waals surface area contributed by atoms with Gasteiger partial charge >= 0.3 is 0 Å². The van der Waals surface area contributed by atoms with Crippen molar-refractivity contribution < 1.29 is 4.74 Å². The highest BCUT2D eigenvalue weighted by molar-refractivity contribution is 7.99. The quantitative estimate of drug-likeness (QED) is 0.450. The molecule has 4 rings (SSSR count). The molecule has 0 bridgehead atoms. The van der Waals surface area contributed by atoms with Crippen molar-refractivity contribution in [2.45, 2.75) is 44.1 Å². The van der Waals surface area contributed by atoms with Crippen LogP contribution in [-0.2, 0) is 17.8 Å². The first kappa shape index (κ1) is 18.5. The third-order valence-corrected chi connectivity index (χ3v) is 6.55. The van der Waals surface area contributed by atoms with E-state index < -0.39 is 0 Å². The fourth-order valence-corrected chi connectivity index (χ4v) is 5.22. The Kier molecular flexibility index (Phi) is 5.76. The number of ether oxygens (including phenoxy) is 1. The summed E-state index contributed by atoms with van der Waals surface area (Å²) in [6.07, 6.45) is 7.67. The molecule has 1 atom stereocenters. The summed E-state index contributed by atoms with van der Waals surface area (Å²) in [5.74, 6) is 1.41. The molecule has 140 valence electrons. The van der Waals surface area contributed by atoms with Crippen molar-refractivity contribution in [1.82, 2.24) is 9.97 Å². The van der Waals surface area contributed by atoms with Gasteiger partial charge in [0.25, 0.3) is 0 Å². The summed E-state index contributed by atoms with van der Waals surface area (Å²) in [5, 5.41) is 1.78. The maximum Gasteiger partial charge on any atom is 0.191 e. The van der Waals surface area contributed by atoms with E-state index in [1.807, 2.05) is 18.2 Å². The van der Waals surface area contributed by atoms with Gasteiger partial charge in [-0.1, -0.05) is 67.6 Å². The van der Waals surface area contributed by atoms with E-state index in [1.165, 1.54) is 16.0 Å². The van der Waals surface area contributed by atoms with Gasteiger partial charge in [0, 0.05) is 17.1 Å². The summed E-state index contributed by atoms with van der Waals surface area (Å²) in [6, 6.07) is 10.3. The first-order chi connectivity index (χ1) is 13.2. The lowest BCUT2D eigenvalue weighted by Gasteiger charge is -2.22. The number of nitrogen functional groups attached to an aromatic ring is 1. The number of aromatic nitrogens is 2. The van der Waals surface area contributed by atoms with Crippen molar-refractivity contribution in [3.63, 3.8) is 0 Å². The molecule has 4 nitrogen and oxygen atoms in total. The lowest BCUT2D eigenvalue weighted by Crippen LogP contribution is -2.21. The van der Waals surface area contributed by atoms with E-state index in [0.717, 1.165) is 40.4 Å². The van der Waals surface area contributed by atoms with Crippen molar-refractivity contribution in [2.75, 3.05) is 11.5 Å². The molecule has 0 spiro atoms. The molecule has 1 aliphatic rings. The molecule has 1 aromatic carbocycles. The molecule has 3 heterocycles. The fourth-order valence-electron chi connectivity index (χ4n) is 3.37. The summed E-state index contributed by atoms with van der Waals surface area (Å²) in [7, 11) is 0. The minimum Gasteiger partial charge on any atom is -0.383 e. The number of hydrogen-bond acceptors (Lipinski definition) is 6. The van der Waals surface area contributed by atoms with Crippen molar-refractivity contribution in [3.8, 4) is 0 Å². The van der Waals surface area contributed by atoms with Crippen LogP contribution in [0.15, 0.2) is 41.6 Å². The molecule has 6 heteroatoms. The molecule has 0 saturated heterocycles. The number of benzene rings is 1. The third kappa shape index (κ3) is 4.18. The van der Waals surface area contributed by atoms with E-state index in [-0.39, 0.29) is 6.10 Å². The molecule has 0 saturated carbocycles. The van der Waals surface area contributed by atoms with Crippen LogP contribution >= 0.6 is 23.1 Å². The fraction of sp³-hybridized carbons (Fsp3) is 0.333. The zero-order valence-corrected chi connectivity index (χ0v) is 17.0. The Hall–Kier alpha value is -1.89. The number of hydrogen-bond donors (Lipinski definition) is 1. The normalized spacial score (nSPS) is 16.9. The lowest BCUT2D eigenvalue weighted by molar-refractivity contribution is 0.0254. The number of thioether (sulfide) groups is 1. The molecule has 2 N–H and O–H groups in total. The number of anilines is 1. The standard InChI is InChI=1S/C21H23N3OS2/c1-2-7-15-12-16-17(13-25-15)27-20-18(16)19(22)23-21(24-20)26-11-6-10-14-8-4-3-5-9-14/h3-6,8-10,15H,2,7,11-13H2,1H3,(H2,22,23,24)/b10-6+/t15-/m1/s1. The van der Waals surface area contributed by atoms with Crippen LogP contribution in [0.2, 0.25) is 0 Å². The predicted octanol–water partition coefficient (Wildman–Crippen LogP) is 5.32. The SMILES string of the molecule is CCC[C@@H]1Cc2c(sc3nc(SC/C=C/c4ccccc4)nc(N)c23)CO1. The van der Waals surface area contributed by atoms with E-state index in [9.17, 15) is 0 Å². The summed E-state index contributed by atoms with van der Waals surface area (Å²) in [6.45, 7) is 2.86. The van der Waals surface area contributed by atoms with Crippen LogP contribution in [0.1, 0.15) is 35.8 Å². The number of nitrogens with two attached hydrogens (primary N) is 1. The first-order valence-electron chi connectivity index (χ1n) is 9.28. The average molecular weight is 398 g/mol. The molecular weight excluding hydrogens is 374 g/mol. The molecule has 0 radical (unpaired) electrons. The summed E-state index contributed by atoms with van der Waals surface area (Å²) in [5.41, 5.74) is 8.82. The number of rotatable bonds is 6. The highest BCUT2D eigenvalue weighted by atomic mass is 32.2. The van der Waals surface area contributed by atoms with Crippen LogP contribution in [0, 0.1) is 0 Å². The van der Waals surface area contributed by atoms with E-state index in [0.29, 0.717) is 12.4 Å². The van der Waals surface area contributed by atoms with Gasteiger partial charge in [0.15, 0.2) is 5.16 Å². The molecule has 27 heavy (non-hydrogen) atoms. The second-order valence-corrected chi connectivity index (χ2v) is 8.70. The second kappa shape index (κ2) is 8.42. The van der Waals surface area contributed by atoms with Gasteiger partial charge in [-0.25, -0.2) is 9.97 Å². The number of fused-ring (bicyclic) bond motifs is 3. The van der Waals surface area contributed by atoms with Gasteiger partial charge < -0.3 is 10.5 Å². The van der Waals surface area contributed by atoms with Crippen molar-refractivity contribution in [2.24, 2.45) is 0 Å². The molecule has 3 aromatic rings. The third-order valence-electron chi connectivity index (χ3n) is 4.65. The van der Waals surface area contributed by atoms with E-state index in [4.69, 9.17) is 15.5 Å². The number of nitrogens with zero attached hydrogens (tertiary/aromatic N) is 2. The van der Waals surface area contributed by atoms with Gasteiger partial charge in [0.1, 0.15) is 10.6 Å². The predicted molar refractivity (Wildman–Crippen MR) is 115 cm³/mol. The van der Waals surface area contributed by atoms with Crippen molar-refractivity contribution in [1.29, 1.82) is 0 Å². The smallest absolute Gasteiger partial charge is 0.191 e. The van der Waals surface area contributed by atoms with E-state index in [1.54, 1.807) is 23.1 Å². The average Bonchev–Trinajstić information content (AvgIpc) is 3.04. The Morgan fingerprint density at radius 3 is 2.96 bits per heavy atom. The van der Waals surface area contributed by atoms with Gasteiger partial charge in [-0.2, -0.15) is 0 Å². The van der Waals surface area contributed by atoms with Crippen molar-refractivity contribution in [3.05, 3.63) is 52.4 Å². The minimum atomic E-state index is 0.289. The Morgan fingerprint density at radius 1 is 1.30 bits per heavy atom. The monoisotopic (exact) mass is 397 g/mol. The highest BCUT2D eigenvalue weighted by Gasteiger charge is 2.25. The minimum absolute atomic E-state index is 0.289. The lowest BCUT2D eigenvalue weighted by atomic mass is 10.0. The van der Waals surface area contributed by atoms with E-state index in [2.05, 4.69) is 36.2 Å². The zero-order valence-electron chi connectivity index (χ0n) is 15.4. The van der Waals surface area contributed by atoms with Crippen LogP contribution in [-0.4, -0.2) is 21.8 Å². The maximum absolute atomic E-state index is 6.32. The topological polar surface area (TPSA) is 61.0 Å². The summed E-state index contributed by atoms with van der Waals surface area (Å²) in [4.78, 5) is 11.6. The molecular formula is C21H23N3OS2. The van der Waals surface area contributed by atoms with Crippen LogP contribution in [0.5, 0.6) is 0 Å². The van der Waals surface area contributed by atoms with Crippen LogP contribution in [0.3, 0.4) is 0 Å². The molecule has 1 aliphatic heterocycles. The Bertz CT molecular complexity index is 953. The van der Waals surface area contributed by atoms with Gasteiger partial charge in [-0.3, -0.25) is 0 Å². The van der Waals surface area contributed by atoms with Gasteiger partial charge in [-0.05, 0) is 17.5 Å². The molecule has 0 fully saturated rings. The first-order valence-corrected chi connectivity index (χ1v) is 11.1. The molecule has 0 amide bonds. The van der Waals surface area contributed by atoms with Crippen molar-refractivity contribution >= 4 is 45.2 Å². The summed E-state index contributed by atoms with van der Waals surface area (Å²) < 4.78 is 5.97. The second-order valence-electron chi connectivity index (χ2n) is 6.63. The van der Waals surface area contributed by atoms with Gasteiger partial charge in [0.2, 0.25) is 0 Å². The number of thiophene rings is 1. The zero-order chi connectivity index (χ0) is 18.6. The summed E-state index contributed by atoms with van der Waals surface area (Å²) >= 11 is 3.31. The maximum atomic E-state index is 6.32. The van der Waals surface area contributed by atoms with Crippen LogP contribution in [0.25, 0.3) is 16.3 Å². The molecule has 0 aliphatic carbocycles. The largest absolute Gasteiger partial charge is 0.383 e. The molecule has 2 aromatic heterocycles. The van der Waals surface area contributed by atoms with Crippen LogP contribution < -0.4 is 5.73 Å². The Balaban J connectivity index is 1.50. The van der Waals surface area contributed by atoms with Crippen LogP contribution in [0.4, 0.5) is 5.82 Å². The molecule has 0 unspecified atom stereocenters. The van der Waals surface area contributed by atoms with E-state index >= 15 is 0 Å². The van der Waals surface area contributed by atoms with Gasteiger partial charge in [0.05, 0.1) is 18.1 Å². The Morgan fingerprint density at radius 2 is 2.15 bits per heavy atom. The Labute approximate surface area is 167 Å². The van der Waals surface area contributed by atoms with Gasteiger partial charge in [-0.15, -0.1) is 11.3 Å². The highest BCUT2D eigenvalue weighted by Crippen LogP contribution is 2.38.